The predicted octanol–water partition coefficient (Wildman–Crippen LogP) is 0.948. The summed E-state index contributed by atoms with van der Waals surface area (Å²) in [5, 5.41) is 8.77. The van der Waals surface area contributed by atoms with Crippen LogP contribution in [0.5, 0.6) is 0 Å². The molecule has 10 heteroatoms. The van der Waals surface area contributed by atoms with Gasteiger partial charge in [0.15, 0.2) is 11.6 Å². The van der Waals surface area contributed by atoms with Crippen molar-refractivity contribution in [1.82, 2.24) is 29.5 Å². The number of hydrazine groups is 1. The number of aromatic nitrogens is 6. The molecule has 0 fully saturated rings. The van der Waals surface area contributed by atoms with Crippen molar-refractivity contribution in [3.05, 3.63) is 71.9 Å². The lowest BCUT2D eigenvalue weighted by Crippen LogP contribution is -2.13. The molecule has 0 saturated carbocycles. The van der Waals surface area contributed by atoms with Gasteiger partial charge in [-0.3, -0.25) is 4.68 Å². The highest BCUT2D eigenvalue weighted by molar-refractivity contribution is 5.68. The zero-order chi connectivity index (χ0) is 19.5. The lowest BCUT2D eigenvalue weighted by molar-refractivity contribution is 0.686. The standard InChI is InChI=1S/C18H20N10/c19-15-6-14(17(20)18(25-15)26-21)5-12-7-23-27(9-12)10-13-8-24-28(11-13)16-3-1-2-4-22-16/h1-4,6-9,11H,5,10,20-21H2,(H3,19,25,26). The van der Waals surface area contributed by atoms with E-state index in [0.29, 0.717) is 30.3 Å². The molecule has 0 amide bonds. The summed E-state index contributed by atoms with van der Waals surface area (Å²) in [5.74, 6) is 6.93. The summed E-state index contributed by atoms with van der Waals surface area (Å²) >= 11 is 0. The fourth-order valence-electron chi connectivity index (χ4n) is 2.93. The van der Waals surface area contributed by atoms with Crippen LogP contribution >= 0.6 is 0 Å². The third kappa shape index (κ3) is 3.62. The Hall–Kier alpha value is -3.92. The minimum absolute atomic E-state index is 0.353. The first-order valence-electron chi connectivity index (χ1n) is 8.60. The van der Waals surface area contributed by atoms with Gasteiger partial charge in [-0.2, -0.15) is 10.2 Å². The highest BCUT2D eigenvalue weighted by atomic mass is 15.3. The van der Waals surface area contributed by atoms with Gasteiger partial charge in [-0.05, 0) is 29.3 Å². The summed E-state index contributed by atoms with van der Waals surface area (Å²) in [4.78, 5) is 8.35. The van der Waals surface area contributed by atoms with Crippen molar-refractivity contribution in [3.63, 3.8) is 0 Å². The number of rotatable bonds is 6. The van der Waals surface area contributed by atoms with E-state index in [0.717, 1.165) is 22.5 Å². The highest BCUT2D eigenvalue weighted by Crippen LogP contribution is 2.24. The highest BCUT2D eigenvalue weighted by Gasteiger charge is 2.10. The number of hydrogen-bond donors (Lipinski definition) is 4. The van der Waals surface area contributed by atoms with Gasteiger partial charge in [0.2, 0.25) is 0 Å². The van der Waals surface area contributed by atoms with Gasteiger partial charge in [-0.15, -0.1) is 0 Å². The van der Waals surface area contributed by atoms with Crippen LogP contribution in [0.2, 0.25) is 0 Å². The average molecular weight is 376 g/mol. The Morgan fingerprint density at radius 1 is 1.04 bits per heavy atom. The predicted molar refractivity (Wildman–Crippen MR) is 106 cm³/mol. The minimum Gasteiger partial charge on any atom is -0.395 e. The van der Waals surface area contributed by atoms with Crippen LogP contribution in [-0.4, -0.2) is 29.5 Å². The van der Waals surface area contributed by atoms with E-state index in [9.17, 15) is 0 Å². The molecule has 0 aliphatic rings. The van der Waals surface area contributed by atoms with Gasteiger partial charge in [-0.25, -0.2) is 20.5 Å². The summed E-state index contributed by atoms with van der Waals surface area (Å²) in [7, 11) is 0. The molecule has 0 spiro atoms. The zero-order valence-corrected chi connectivity index (χ0v) is 15.0. The maximum absolute atomic E-state index is 6.09. The first kappa shape index (κ1) is 17.5. The van der Waals surface area contributed by atoms with Crippen LogP contribution in [0.1, 0.15) is 16.7 Å². The number of pyridine rings is 2. The van der Waals surface area contributed by atoms with E-state index in [4.69, 9.17) is 17.3 Å². The molecular formula is C18H20N10. The molecule has 28 heavy (non-hydrogen) atoms. The van der Waals surface area contributed by atoms with Gasteiger partial charge >= 0.3 is 0 Å². The van der Waals surface area contributed by atoms with E-state index < -0.39 is 0 Å². The Labute approximate surface area is 161 Å². The molecular weight excluding hydrogens is 356 g/mol. The number of nitrogens with two attached hydrogens (primary N) is 3. The number of hydrogen-bond acceptors (Lipinski definition) is 8. The monoisotopic (exact) mass is 376 g/mol. The van der Waals surface area contributed by atoms with Gasteiger partial charge in [-0.1, -0.05) is 6.07 Å². The maximum atomic E-state index is 6.09. The van der Waals surface area contributed by atoms with Crippen molar-refractivity contribution in [2.75, 3.05) is 16.9 Å². The van der Waals surface area contributed by atoms with Crippen molar-refractivity contribution in [1.29, 1.82) is 0 Å². The van der Waals surface area contributed by atoms with E-state index in [1.165, 1.54) is 0 Å². The van der Waals surface area contributed by atoms with Crippen molar-refractivity contribution >= 4 is 17.3 Å². The second-order valence-electron chi connectivity index (χ2n) is 6.32. The zero-order valence-electron chi connectivity index (χ0n) is 15.0. The van der Waals surface area contributed by atoms with Gasteiger partial charge in [0.05, 0.1) is 24.6 Å². The molecule has 0 radical (unpaired) electrons. The number of nitrogens with one attached hydrogen (secondary N) is 1. The maximum Gasteiger partial charge on any atom is 0.165 e. The molecule has 0 unspecified atom stereocenters. The molecule has 7 N–H and O–H groups in total. The topological polar surface area (TPSA) is 152 Å². The van der Waals surface area contributed by atoms with Crippen molar-refractivity contribution in [2.45, 2.75) is 13.0 Å². The van der Waals surface area contributed by atoms with E-state index in [1.807, 2.05) is 35.3 Å². The summed E-state index contributed by atoms with van der Waals surface area (Å²) in [5.41, 5.74) is 17.7. The number of nitrogen functional groups attached to an aromatic ring is 3. The van der Waals surface area contributed by atoms with Crippen molar-refractivity contribution in [3.8, 4) is 5.82 Å². The Bertz CT molecular complexity index is 1080. The third-order valence-electron chi connectivity index (χ3n) is 4.25. The second kappa shape index (κ2) is 7.37. The fraction of sp³-hybridized carbons (Fsp3) is 0.111. The Morgan fingerprint density at radius 3 is 2.68 bits per heavy atom. The average Bonchev–Trinajstić information content (AvgIpc) is 3.35. The molecule has 10 nitrogen and oxygen atoms in total. The van der Waals surface area contributed by atoms with E-state index in [-0.39, 0.29) is 0 Å². The second-order valence-corrected chi connectivity index (χ2v) is 6.32. The van der Waals surface area contributed by atoms with Gasteiger partial charge < -0.3 is 16.9 Å². The lowest BCUT2D eigenvalue weighted by Gasteiger charge is -2.10. The molecule has 142 valence electrons. The van der Waals surface area contributed by atoms with Crippen LogP contribution in [0.15, 0.2) is 55.2 Å². The Balaban J connectivity index is 1.49. The van der Waals surface area contributed by atoms with Crippen LogP contribution in [0.3, 0.4) is 0 Å². The van der Waals surface area contributed by atoms with E-state index in [1.54, 1.807) is 29.3 Å². The van der Waals surface area contributed by atoms with Crippen LogP contribution in [0, 0.1) is 0 Å². The van der Waals surface area contributed by atoms with Crippen molar-refractivity contribution < 1.29 is 0 Å². The van der Waals surface area contributed by atoms with Gasteiger partial charge in [0.1, 0.15) is 5.82 Å². The summed E-state index contributed by atoms with van der Waals surface area (Å²) in [6.45, 7) is 0.594. The Morgan fingerprint density at radius 2 is 1.89 bits per heavy atom. The fourth-order valence-corrected chi connectivity index (χ4v) is 2.93. The largest absolute Gasteiger partial charge is 0.395 e. The van der Waals surface area contributed by atoms with Crippen molar-refractivity contribution in [2.24, 2.45) is 5.84 Å². The summed E-state index contributed by atoms with van der Waals surface area (Å²) in [6, 6.07) is 7.43. The summed E-state index contributed by atoms with van der Waals surface area (Å²) < 4.78 is 3.58. The van der Waals surface area contributed by atoms with Crippen LogP contribution in [-0.2, 0) is 13.0 Å². The molecule has 0 aliphatic heterocycles. The molecule has 4 rings (SSSR count). The SMILES string of the molecule is NNc1nc(N)cc(Cc2cnn(Cc3cnn(-c4ccccn4)c3)c2)c1N. The van der Waals surface area contributed by atoms with Crippen LogP contribution in [0.25, 0.3) is 5.82 Å². The molecule has 4 aromatic heterocycles. The number of nitrogens with zero attached hydrogens (tertiary/aromatic N) is 6. The number of anilines is 3. The van der Waals surface area contributed by atoms with Gasteiger partial charge in [0.25, 0.3) is 0 Å². The normalized spacial score (nSPS) is 10.9. The lowest BCUT2D eigenvalue weighted by atomic mass is 10.1. The minimum atomic E-state index is 0.353. The first-order chi connectivity index (χ1) is 13.6. The quantitative estimate of drug-likeness (QED) is 0.287. The van der Waals surface area contributed by atoms with Crippen LogP contribution < -0.4 is 22.7 Å². The Kier molecular flexibility index (Phi) is 4.60. The van der Waals surface area contributed by atoms with Gasteiger partial charge in [0, 0.05) is 30.6 Å². The molecule has 0 aromatic carbocycles. The molecule has 4 aromatic rings. The summed E-state index contributed by atoms with van der Waals surface area (Å²) in [6.07, 6.45) is 9.81. The molecule has 0 atom stereocenters. The molecule has 0 saturated heterocycles. The first-order valence-corrected chi connectivity index (χ1v) is 8.60. The smallest absolute Gasteiger partial charge is 0.165 e. The van der Waals surface area contributed by atoms with E-state index >= 15 is 0 Å². The molecule has 4 heterocycles. The van der Waals surface area contributed by atoms with E-state index in [2.05, 4.69) is 25.6 Å². The molecule has 0 bridgehead atoms. The molecule has 0 aliphatic carbocycles. The van der Waals surface area contributed by atoms with Crippen LogP contribution in [0.4, 0.5) is 17.3 Å². The third-order valence-corrected chi connectivity index (χ3v) is 4.25.